The van der Waals surface area contributed by atoms with Gasteiger partial charge in [-0.1, -0.05) is 24.6 Å². The van der Waals surface area contributed by atoms with E-state index in [1.807, 2.05) is 38.1 Å². The number of amides is 1. The molecule has 164 valence electrons. The van der Waals surface area contributed by atoms with Gasteiger partial charge in [-0.25, -0.2) is 0 Å². The molecule has 7 nitrogen and oxygen atoms in total. The molecule has 7 heteroatoms. The van der Waals surface area contributed by atoms with Gasteiger partial charge in [-0.2, -0.15) is 0 Å². The number of carboxylic acid groups (broad SMARTS) is 1. The molecule has 3 N–H and O–H groups in total. The third kappa shape index (κ3) is 5.78. The van der Waals surface area contributed by atoms with Gasteiger partial charge < -0.3 is 15.5 Å². The first-order valence-corrected chi connectivity index (χ1v) is 10.1. The van der Waals surface area contributed by atoms with Crippen LogP contribution in [0.5, 0.6) is 0 Å². The average molecular weight is 424 g/mol. The van der Waals surface area contributed by atoms with Gasteiger partial charge in [0.1, 0.15) is 5.76 Å². The number of rotatable bonds is 8. The topological polar surface area (TPSA) is 112 Å². The van der Waals surface area contributed by atoms with Gasteiger partial charge in [0.15, 0.2) is 0 Å². The fourth-order valence-corrected chi connectivity index (χ4v) is 2.87. The largest absolute Gasteiger partial charge is 0.507 e. The maximum absolute atomic E-state index is 12.8. The minimum absolute atomic E-state index is 0.0608. The Bertz CT molecular complexity index is 1080. The van der Waals surface area contributed by atoms with E-state index in [9.17, 15) is 19.8 Å². The quantitative estimate of drug-likeness (QED) is 0.329. The number of carbonyl (C=O) groups excluding carboxylic acids is 1. The van der Waals surface area contributed by atoms with Crippen LogP contribution in [0.3, 0.4) is 0 Å². The number of hydrogen-bond acceptors (Lipinski definition) is 5. The summed E-state index contributed by atoms with van der Waals surface area (Å²) in [7, 11) is 0. The third-order valence-electron chi connectivity index (χ3n) is 5.12. The normalized spacial score (nSPS) is 13.7. The van der Waals surface area contributed by atoms with E-state index in [4.69, 9.17) is 0 Å². The lowest BCUT2D eigenvalue weighted by Crippen LogP contribution is -2.39. The van der Waals surface area contributed by atoms with E-state index in [-0.39, 0.29) is 17.9 Å². The van der Waals surface area contributed by atoms with Crippen LogP contribution in [-0.4, -0.2) is 38.6 Å². The highest BCUT2D eigenvalue weighted by atomic mass is 16.4. The SMILES string of the molecule is C\C=C(/C=C(O)\C(C(=O)NCC(C)(C)C(=O)O)=C(/C)CC)c1ccc2nccnc2c1. The summed E-state index contributed by atoms with van der Waals surface area (Å²) in [5.74, 6) is -1.71. The van der Waals surface area contributed by atoms with Gasteiger partial charge in [0.25, 0.3) is 5.91 Å². The standard InChI is InChI=1S/C24H29N3O4/c1-6-15(3)21(22(29)27-14-24(4,5)23(30)31)20(28)13-16(7-2)17-8-9-18-19(12-17)26-11-10-25-18/h7-13,28H,6,14H2,1-5H3,(H,27,29)(H,30,31)/b16-7+,20-13+,21-15-. The molecule has 0 aliphatic heterocycles. The number of nitrogens with one attached hydrogen (secondary N) is 1. The number of carboxylic acids is 1. The van der Waals surface area contributed by atoms with Crippen LogP contribution in [0.4, 0.5) is 0 Å². The lowest BCUT2D eigenvalue weighted by atomic mass is 9.93. The number of carbonyl (C=O) groups is 2. The van der Waals surface area contributed by atoms with E-state index >= 15 is 0 Å². The lowest BCUT2D eigenvalue weighted by Gasteiger charge is -2.20. The summed E-state index contributed by atoms with van der Waals surface area (Å²) in [4.78, 5) is 32.7. The molecule has 0 atom stereocenters. The van der Waals surface area contributed by atoms with Crippen LogP contribution in [0, 0.1) is 5.41 Å². The number of allylic oxidation sites excluding steroid dienone is 4. The monoisotopic (exact) mass is 423 g/mol. The summed E-state index contributed by atoms with van der Waals surface area (Å²) >= 11 is 0. The molecule has 0 saturated carbocycles. The van der Waals surface area contributed by atoms with Gasteiger partial charge in [-0.3, -0.25) is 19.6 Å². The van der Waals surface area contributed by atoms with Gasteiger partial charge in [0.2, 0.25) is 0 Å². The van der Waals surface area contributed by atoms with E-state index in [2.05, 4.69) is 15.3 Å². The van der Waals surface area contributed by atoms with Crippen LogP contribution in [0.25, 0.3) is 16.6 Å². The minimum Gasteiger partial charge on any atom is -0.507 e. The first-order chi connectivity index (χ1) is 14.6. The highest BCUT2D eigenvalue weighted by Crippen LogP contribution is 2.24. The maximum Gasteiger partial charge on any atom is 0.310 e. The summed E-state index contributed by atoms with van der Waals surface area (Å²) < 4.78 is 0. The van der Waals surface area contributed by atoms with Crippen LogP contribution in [0.2, 0.25) is 0 Å². The van der Waals surface area contributed by atoms with Crippen LogP contribution >= 0.6 is 0 Å². The predicted octanol–water partition coefficient (Wildman–Crippen LogP) is 4.43. The number of nitrogens with zero attached hydrogens (tertiary/aromatic N) is 2. The fraction of sp³-hybridized carbons (Fsp3) is 0.333. The van der Waals surface area contributed by atoms with Crippen molar-refractivity contribution in [3.8, 4) is 0 Å². The molecule has 2 aromatic rings. The smallest absolute Gasteiger partial charge is 0.310 e. The maximum atomic E-state index is 12.8. The molecular formula is C24H29N3O4. The van der Waals surface area contributed by atoms with Crippen molar-refractivity contribution in [2.75, 3.05) is 6.54 Å². The van der Waals surface area contributed by atoms with Gasteiger partial charge >= 0.3 is 5.97 Å². The molecule has 1 aromatic carbocycles. The average Bonchev–Trinajstić information content (AvgIpc) is 2.75. The molecule has 0 spiro atoms. The Morgan fingerprint density at radius 3 is 2.35 bits per heavy atom. The van der Waals surface area contributed by atoms with E-state index in [0.29, 0.717) is 17.6 Å². The first-order valence-electron chi connectivity index (χ1n) is 10.1. The number of hydrogen-bond donors (Lipinski definition) is 3. The molecule has 0 aliphatic carbocycles. The van der Waals surface area contributed by atoms with E-state index in [0.717, 1.165) is 16.6 Å². The lowest BCUT2D eigenvalue weighted by molar-refractivity contribution is -0.146. The van der Waals surface area contributed by atoms with Crippen molar-refractivity contribution < 1.29 is 19.8 Å². The molecule has 2 rings (SSSR count). The Labute approximate surface area is 182 Å². The molecule has 0 unspecified atom stereocenters. The fourth-order valence-electron chi connectivity index (χ4n) is 2.87. The van der Waals surface area contributed by atoms with Crippen molar-refractivity contribution in [2.24, 2.45) is 5.41 Å². The molecule has 1 amide bonds. The summed E-state index contributed by atoms with van der Waals surface area (Å²) in [5.41, 5.74) is 2.73. The zero-order valence-corrected chi connectivity index (χ0v) is 18.6. The van der Waals surface area contributed by atoms with Gasteiger partial charge in [0, 0.05) is 18.9 Å². The second kappa shape index (κ2) is 10.0. The van der Waals surface area contributed by atoms with Crippen molar-refractivity contribution in [1.29, 1.82) is 0 Å². The molecule has 0 fully saturated rings. The van der Waals surface area contributed by atoms with E-state index in [1.165, 1.54) is 19.9 Å². The van der Waals surface area contributed by atoms with Crippen LogP contribution in [-0.2, 0) is 9.59 Å². The number of aliphatic hydroxyl groups is 1. The first kappa shape index (κ1) is 23.8. The van der Waals surface area contributed by atoms with Gasteiger partial charge in [0.05, 0.1) is 22.0 Å². The molecule has 0 radical (unpaired) electrons. The van der Waals surface area contributed by atoms with Gasteiger partial charge in [-0.05, 0) is 63.5 Å². The van der Waals surface area contributed by atoms with Crippen molar-refractivity contribution >= 4 is 28.5 Å². The van der Waals surface area contributed by atoms with Crippen LogP contribution in [0.1, 0.15) is 46.6 Å². The second-order valence-corrected chi connectivity index (χ2v) is 7.91. The second-order valence-electron chi connectivity index (χ2n) is 7.91. The molecule has 1 aromatic heterocycles. The van der Waals surface area contributed by atoms with Crippen LogP contribution < -0.4 is 5.32 Å². The van der Waals surface area contributed by atoms with Crippen molar-refractivity contribution in [1.82, 2.24) is 15.3 Å². The highest BCUT2D eigenvalue weighted by Gasteiger charge is 2.28. The Balaban J connectivity index is 2.37. The van der Waals surface area contributed by atoms with Crippen molar-refractivity contribution in [3.05, 3.63) is 65.2 Å². The molecule has 0 bridgehead atoms. The number of benzene rings is 1. The number of aliphatic hydroxyl groups excluding tert-OH is 1. The zero-order valence-electron chi connectivity index (χ0n) is 18.6. The molecule has 1 heterocycles. The summed E-state index contributed by atoms with van der Waals surface area (Å²) in [6.45, 7) is 8.49. The Hall–Kier alpha value is -3.48. The Morgan fingerprint density at radius 2 is 1.77 bits per heavy atom. The number of fused-ring (bicyclic) bond motifs is 1. The summed E-state index contributed by atoms with van der Waals surface area (Å²) in [6, 6.07) is 5.59. The Morgan fingerprint density at radius 1 is 1.13 bits per heavy atom. The highest BCUT2D eigenvalue weighted by molar-refractivity contribution is 5.99. The van der Waals surface area contributed by atoms with E-state index in [1.54, 1.807) is 19.3 Å². The predicted molar refractivity (Wildman–Crippen MR) is 121 cm³/mol. The number of aromatic nitrogens is 2. The summed E-state index contributed by atoms with van der Waals surface area (Å²) in [6.07, 6.45) is 7.16. The zero-order chi connectivity index (χ0) is 23.2. The molecule has 31 heavy (non-hydrogen) atoms. The van der Waals surface area contributed by atoms with E-state index < -0.39 is 17.3 Å². The molecule has 0 aliphatic rings. The minimum atomic E-state index is -1.12. The third-order valence-corrected chi connectivity index (χ3v) is 5.12. The van der Waals surface area contributed by atoms with Crippen LogP contribution in [0.15, 0.2) is 59.7 Å². The van der Waals surface area contributed by atoms with Crippen molar-refractivity contribution in [2.45, 2.75) is 41.0 Å². The Kier molecular flexibility index (Phi) is 7.69. The molecule has 0 saturated heterocycles. The summed E-state index contributed by atoms with van der Waals surface area (Å²) in [5, 5.41) is 22.8. The van der Waals surface area contributed by atoms with Crippen molar-refractivity contribution in [3.63, 3.8) is 0 Å². The molecular weight excluding hydrogens is 394 g/mol. The number of aliphatic carboxylic acids is 1. The van der Waals surface area contributed by atoms with Gasteiger partial charge in [-0.15, -0.1) is 0 Å².